The number of hydrogen-bond acceptors (Lipinski definition) is 2. The first-order chi connectivity index (χ1) is 43.6. The maximum Gasteiger partial charge on any atom is 0.136 e. The summed E-state index contributed by atoms with van der Waals surface area (Å²) >= 11 is 0. The van der Waals surface area contributed by atoms with Crippen LogP contribution in [0.5, 0.6) is 0 Å². The van der Waals surface area contributed by atoms with Crippen LogP contribution in [0.25, 0.3) is 112 Å². The molecule has 0 radical (unpaired) electrons. The van der Waals surface area contributed by atoms with Crippen molar-refractivity contribution in [3.05, 3.63) is 333 Å². The highest BCUT2D eigenvalue weighted by molar-refractivity contribution is 6.16. The standard InChI is InChI=1S/C87H65NO/c1-53-49-71-63-35-16-13-31-58(63)50-72(71)79(54(53)2)82-69(65-37-18-17-33-61(65)56-27-9-7-10-28-56)47-46-60-52-74-83(80(60)82)84(86(4,5)6)55(3)85(87(74)48-26-41-66-62-34-15-14-32-59(62)51-73(66)87)88(75-42-22-19-36-64(75)57-29-11-8-12-30-57)76-43-23-20-38-67(76)68-40-25-45-78-81(68)70-39-21-24-44-77(70)89-78/h7-49,51-52H,50H2,1-6H3. The van der Waals surface area contributed by atoms with Gasteiger partial charge < -0.3 is 9.32 Å². The van der Waals surface area contributed by atoms with E-state index in [4.69, 9.17) is 4.42 Å². The smallest absolute Gasteiger partial charge is 0.136 e. The van der Waals surface area contributed by atoms with E-state index in [1.165, 1.54) is 128 Å². The lowest BCUT2D eigenvalue weighted by Gasteiger charge is -2.50. The van der Waals surface area contributed by atoms with Crippen LogP contribution in [0.15, 0.2) is 293 Å². The summed E-state index contributed by atoms with van der Waals surface area (Å²) < 4.78 is 6.71. The normalized spacial score (nSPS) is 16.0. The maximum atomic E-state index is 6.71. The summed E-state index contributed by atoms with van der Waals surface area (Å²) in [5, 5.41) is 2.21. The first-order valence-electron chi connectivity index (χ1n) is 31.5. The Balaban J connectivity index is 1.04. The molecule has 5 aliphatic carbocycles. The number of nitrogens with zero attached hydrogens (tertiary/aromatic N) is 1. The van der Waals surface area contributed by atoms with Crippen molar-refractivity contribution in [1.82, 2.24) is 0 Å². The molecule has 5 aliphatic rings. The van der Waals surface area contributed by atoms with Gasteiger partial charge in [-0.15, -0.1) is 0 Å². The molecule has 11 aromatic carbocycles. The fourth-order valence-corrected chi connectivity index (χ4v) is 16.3. The van der Waals surface area contributed by atoms with Crippen LogP contribution in [-0.2, 0) is 6.42 Å². The lowest BCUT2D eigenvalue weighted by atomic mass is 9.57. The van der Waals surface area contributed by atoms with E-state index in [2.05, 4.69) is 319 Å². The number of aryl methyl sites for hydroxylation is 1. The van der Waals surface area contributed by atoms with Crippen molar-refractivity contribution >= 4 is 56.6 Å². The Labute approximate surface area is 521 Å². The van der Waals surface area contributed by atoms with Crippen molar-refractivity contribution in [3.8, 4) is 66.8 Å². The van der Waals surface area contributed by atoms with Crippen LogP contribution < -0.4 is 4.90 Å². The van der Waals surface area contributed by atoms with Crippen molar-refractivity contribution in [2.24, 2.45) is 10.8 Å². The minimum Gasteiger partial charge on any atom is -0.456 e. The van der Waals surface area contributed by atoms with E-state index in [1.807, 2.05) is 0 Å². The highest BCUT2D eigenvalue weighted by Crippen LogP contribution is 2.69. The quantitative estimate of drug-likeness (QED) is 0.151. The Morgan fingerprint density at radius 2 is 1.04 bits per heavy atom. The van der Waals surface area contributed by atoms with E-state index in [9.17, 15) is 0 Å². The van der Waals surface area contributed by atoms with E-state index < -0.39 is 5.41 Å². The molecule has 0 saturated heterocycles. The molecule has 2 nitrogen and oxygen atoms in total. The molecule has 0 bridgehead atoms. The topological polar surface area (TPSA) is 16.4 Å². The van der Waals surface area contributed by atoms with Gasteiger partial charge in [0.25, 0.3) is 0 Å². The minimum atomic E-state index is -0.860. The molecule has 2 heteroatoms. The Morgan fingerprint density at radius 3 is 1.81 bits per heavy atom. The van der Waals surface area contributed by atoms with Gasteiger partial charge in [-0.1, -0.05) is 257 Å². The third-order valence-corrected chi connectivity index (χ3v) is 19.9. The lowest BCUT2D eigenvalue weighted by molar-refractivity contribution is 0.501. The fourth-order valence-electron chi connectivity index (χ4n) is 16.3. The summed E-state index contributed by atoms with van der Waals surface area (Å²) in [6.45, 7) is 14.6. The van der Waals surface area contributed by atoms with E-state index >= 15 is 0 Å². The van der Waals surface area contributed by atoms with Gasteiger partial charge in [-0.3, -0.25) is 0 Å². The summed E-state index contributed by atoms with van der Waals surface area (Å²) in [5.41, 5.74) is 36.9. The Kier molecular flexibility index (Phi) is 11.9. The molecule has 1 aromatic heterocycles. The van der Waals surface area contributed by atoms with Crippen molar-refractivity contribution in [2.45, 2.75) is 48.0 Å². The van der Waals surface area contributed by atoms with Gasteiger partial charge in [0, 0.05) is 27.6 Å². The van der Waals surface area contributed by atoms with Crippen LogP contribution in [-0.4, -0.2) is 0 Å². The molecule has 1 heterocycles. The third-order valence-electron chi connectivity index (χ3n) is 19.9. The number of rotatable bonds is 8. The van der Waals surface area contributed by atoms with Crippen LogP contribution in [0, 0.1) is 24.7 Å². The molecular weight excluding hydrogens is 1070 g/mol. The molecule has 424 valence electrons. The van der Waals surface area contributed by atoms with Crippen LogP contribution in [0.1, 0.15) is 72.2 Å². The van der Waals surface area contributed by atoms with E-state index in [-0.39, 0.29) is 5.41 Å². The molecule has 0 saturated carbocycles. The number of hydrogen-bond donors (Lipinski definition) is 0. The highest BCUT2D eigenvalue weighted by Gasteiger charge is 2.55. The number of para-hydroxylation sites is 3. The predicted octanol–water partition coefficient (Wildman–Crippen LogP) is 23.5. The minimum absolute atomic E-state index is 0.377. The van der Waals surface area contributed by atoms with Crippen molar-refractivity contribution < 1.29 is 4.42 Å². The van der Waals surface area contributed by atoms with E-state index in [0.29, 0.717) is 0 Å². The lowest BCUT2D eigenvalue weighted by Crippen LogP contribution is -2.40. The molecule has 0 N–H and O–H groups in total. The van der Waals surface area contributed by atoms with Gasteiger partial charge in [0.05, 0.1) is 16.8 Å². The van der Waals surface area contributed by atoms with Crippen molar-refractivity contribution in [3.63, 3.8) is 0 Å². The van der Waals surface area contributed by atoms with Crippen LogP contribution in [0.2, 0.25) is 0 Å². The largest absolute Gasteiger partial charge is 0.456 e. The SMILES string of the molecule is CC1=C(N(c2ccccc2-c2ccccc2)c2ccccc2-c2cccc3oc4ccccc4c23)C2(C=CC=C3C2=Cc2ccccc23)C2=Cc3ccc(-c4ccccc4-c4ccccc4)c(-c4c(C)c(C)cc5c4Cc4ccccc4-5)c3C2=C1C(C)(C)C. The second-order valence-electron chi connectivity index (χ2n) is 25.9. The van der Waals surface area contributed by atoms with Gasteiger partial charge >= 0.3 is 0 Å². The predicted molar refractivity (Wildman–Crippen MR) is 375 cm³/mol. The van der Waals surface area contributed by atoms with E-state index in [0.717, 1.165) is 62.0 Å². The maximum absolute atomic E-state index is 6.71. The zero-order valence-corrected chi connectivity index (χ0v) is 51.0. The first-order valence-corrected chi connectivity index (χ1v) is 31.5. The molecule has 1 unspecified atom stereocenters. The van der Waals surface area contributed by atoms with Gasteiger partial charge in [-0.2, -0.15) is 0 Å². The monoisotopic (exact) mass is 1140 g/mol. The van der Waals surface area contributed by atoms with Crippen molar-refractivity contribution in [1.29, 1.82) is 0 Å². The highest BCUT2D eigenvalue weighted by atomic mass is 16.3. The van der Waals surface area contributed by atoms with Gasteiger partial charge in [-0.25, -0.2) is 0 Å². The molecule has 1 spiro atoms. The molecule has 89 heavy (non-hydrogen) atoms. The molecule has 0 amide bonds. The summed E-state index contributed by atoms with van der Waals surface area (Å²) in [7, 11) is 0. The molecule has 0 aliphatic heterocycles. The molecule has 17 rings (SSSR count). The average Bonchev–Trinajstić information content (AvgIpc) is 1.61. The molecular formula is C87H65NO. The van der Waals surface area contributed by atoms with Crippen molar-refractivity contribution in [2.75, 3.05) is 4.90 Å². The van der Waals surface area contributed by atoms with Gasteiger partial charge in [0.2, 0.25) is 0 Å². The molecule has 1 atom stereocenters. The number of benzene rings is 11. The molecule has 0 fully saturated rings. The number of anilines is 2. The second-order valence-corrected chi connectivity index (χ2v) is 25.9. The first kappa shape index (κ1) is 52.8. The van der Waals surface area contributed by atoms with Gasteiger partial charge in [0.15, 0.2) is 0 Å². The zero-order chi connectivity index (χ0) is 59.9. The van der Waals surface area contributed by atoms with E-state index in [1.54, 1.807) is 0 Å². The Bertz CT molecular complexity index is 5220. The average molecular weight is 1140 g/mol. The number of furan rings is 1. The van der Waals surface area contributed by atoms with Crippen LogP contribution in [0.3, 0.4) is 0 Å². The summed E-state index contributed by atoms with van der Waals surface area (Å²) in [4.78, 5) is 2.70. The van der Waals surface area contributed by atoms with Crippen LogP contribution >= 0.6 is 0 Å². The Morgan fingerprint density at radius 1 is 0.449 bits per heavy atom. The fraction of sp³-hybridized carbons (Fsp3) is 0.103. The summed E-state index contributed by atoms with van der Waals surface area (Å²) in [5.74, 6) is 0. The summed E-state index contributed by atoms with van der Waals surface area (Å²) in [6.07, 6.45) is 13.4. The van der Waals surface area contributed by atoms with Gasteiger partial charge in [-0.05, 0) is 203 Å². The number of allylic oxidation sites excluding steroid dienone is 7. The molecule has 12 aromatic rings. The van der Waals surface area contributed by atoms with Gasteiger partial charge in [0.1, 0.15) is 11.2 Å². The van der Waals surface area contributed by atoms with Crippen LogP contribution in [0.4, 0.5) is 11.4 Å². The second kappa shape index (κ2) is 20.0. The third kappa shape index (κ3) is 7.82. The summed E-state index contributed by atoms with van der Waals surface area (Å²) in [6, 6.07) is 90.1. The Hall–Kier alpha value is -10.5. The number of fused-ring (bicyclic) bond motifs is 14. The zero-order valence-electron chi connectivity index (χ0n) is 51.0.